The molecule has 12 heteroatoms. The quantitative estimate of drug-likeness (QED) is 0.131. The van der Waals surface area contributed by atoms with Crippen molar-refractivity contribution in [2.45, 2.75) is 37.3 Å². The van der Waals surface area contributed by atoms with E-state index in [1.807, 2.05) is 0 Å². The number of aliphatic hydroxyl groups is 2. The molecule has 41 heavy (non-hydrogen) atoms. The van der Waals surface area contributed by atoms with E-state index < -0.39 is 71.2 Å². The van der Waals surface area contributed by atoms with Crippen molar-refractivity contribution in [3.05, 3.63) is 111 Å². The van der Waals surface area contributed by atoms with Gasteiger partial charge in [-0.25, -0.2) is 4.79 Å². The number of nitro benzene ring substituents is 1. The average molecular weight is 560 g/mol. The number of hydrogen-bond donors (Lipinski definition) is 2. The molecule has 0 spiro atoms. The summed E-state index contributed by atoms with van der Waals surface area (Å²) < 4.78 is 5.85. The Morgan fingerprint density at radius 2 is 1.51 bits per heavy atom. The Labute approximate surface area is 233 Å². The van der Waals surface area contributed by atoms with Crippen molar-refractivity contribution in [3.63, 3.8) is 0 Å². The van der Waals surface area contributed by atoms with E-state index in [-0.39, 0.29) is 11.1 Å². The van der Waals surface area contributed by atoms with E-state index >= 15 is 0 Å². The highest BCUT2D eigenvalue weighted by Crippen LogP contribution is 2.36. The number of fused-ring (bicyclic) bond motifs is 1. The lowest BCUT2D eigenvalue weighted by Crippen LogP contribution is -2.77. The number of ether oxygens (including phenoxy) is 1. The molecule has 0 aliphatic carbocycles. The Balaban J connectivity index is 1.42. The monoisotopic (exact) mass is 559 g/mol. The second-order valence-electron chi connectivity index (χ2n) is 9.73. The zero-order valence-electron chi connectivity index (χ0n) is 21.7. The van der Waals surface area contributed by atoms with Crippen molar-refractivity contribution in [1.29, 1.82) is 0 Å². The first-order valence-corrected chi connectivity index (χ1v) is 12.7. The first-order valence-electron chi connectivity index (χ1n) is 12.7. The molecule has 0 aromatic heterocycles. The minimum absolute atomic E-state index is 0.122. The molecule has 210 valence electrons. The van der Waals surface area contributed by atoms with Gasteiger partial charge >= 0.3 is 5.97 Å². The van der Waals surface area contributed by atoms with Gasteiger partial charge in [0.1, 0.15) is 6.04 Å². The number of nitro groups is 1. The Morgan fingerprint density at radius 1 is 0.951 bits per heavy atom. The standard InChI is InChI=1S/C29H25N3O9/c1-16(34)23(29(38)41-25(17-8-4-2-5-9-17)18-10-6-3-7-11-18)30-22(15-33)24(28(30)37)31-26(35)20-13-12-19(32(39)40)14-21(20)27(31)36/h2-14,16,22-25,33-34H,15H2,1H3. The summed E-state index contributed by atoms with van der Waals surface area (Å²) in [6, 6.07) is 16.6. The number of rotatable bonds is 9. The number of hydrogen-bond acceptors (Lipinski definition) is 9. The van der Waals surface area contributed by atoms with E-state index in [0.717, 1.165) is 23.1 Å². The Bertz CT molecular complexity index is 1490. The van der Waals surface area contributed by atoms with Crippen LogP contribution in [0.25, 0.3) is 0 Å². The lowest BCUT2D eigenvalue weighted by molar-refractivity contribution is -0.384. The fourth-order valence-electron chi connectivity index (χ4n) is 5.29. The Hall–Kier alpha value is -4.94. The number of likely N-dealkylation sites (tertiary alicyclic amines) is 1. The third-order valence-corrected chi connectivity index (χ3v) is 7.24. The van der Waals surface area contributed by atoms with E-state index in [4.69, 9.17) is 4.74 Å². The van der Waals surface area contributed by atoms with E-state index in [0.29, 0.717) is 16.0 Å². The molecule has 1 saturated heterocycles. The van der Waals surface area contributed by atoms with Gasteiger partial charge in [0.05, 0.1) is 34.8 Å². The number of β-lactam (4-membered cyclic amide) rings is 1. The molecule has 2 aliphatic heterocycles. The van der Waals surface area contributed by atoms with Gasteiger partial charge in [-0.1, -0.05) is 60.7 Å². The van der Waals surface area contributed by atoms with Gasteiger partial charge in [-0.3, -0.25) is 29.4 Å². The molecule has 3 aromatic rings. The summed E-state index contributed by atoms with van der Waals surface area (Å²) >= 11 is 0. The number of benzene rings is 3. The number of imide groups is 1. The van der Waals surface area contributed by atoms with Crippen LogP contribution in [0.3, 0.4) is 0 Å². The van der Waals surface area contributed by atoms with Gasteiger partial charge < -0.3 is 19.8 Å². The maximum atomic E-state index is 13.6. The molecule has 5 rings (SSSR count). The summed E-state index contributed by atoms with van der Waals surface area (Å²) in [6.07, 6.45) is -2.32. The van der Waals surface area contributed by atoms with Gasteiger partial charge in [-0.2, -0.15) is 0 Å². The molecular formula is C29H25N3O9. The molecule has 0 saturated carbocycles. The molecule has 0 bridgehead atoms. The van der Waals surface area contributed by atoms with Crippen LogP contribution in [0.15, 0.2) is 78.9 Å². The summed E-state index contributed by atoms with van der Waals surface area (Å²) in [5, 5.41) is 32.0. The summed E-state index contributed by atoms with van der Waals surface area (Å²) in [4.78, 5) is 65.2. The van der Waals surface area contributed by atoms with Gasteiger partial charge in [-0.05, 0) is 24.1 Å². The van der Waals surface area contributed by atoms with Gasteiger partial charge in [0, 0.05) is 12.1 Å². The van der Waals surface area contributed by atoms with Gasteiger partial charge in [0.2, 0.25) is 5.91 Å². The number of esters is 1. The van der Waals surface area contributed by atoms with Crippen LogP contribution in [0.5, 0.6) is 0 Å². The summed E-state index contributed by atoms with van der Waals surface area (Å²) in [6.45, 7) is 0.531. The largest absolute Gasteiger partial charge is 0.451 e. The SMILES string of the molecule is CC(O)C(C(=O)OC(c1ccccc1)c1ccccc1)N1C(=O)C(N2C(=O)c3ccc([N+](=O)[O-])cc3C2=O)C1CO. The molecule has 3 aromatic carbocycles. The van der Waals surface area contributed by atoms with Crippen molar-refractivity contribution in [3.8, 4) is 0 Å². The lowest BCUT2D eigenvalue weighted by atomic mass is 9.89. The van der Waals surface area contributed by atoms with Crippen LogP contribution < -0.4 is 0 Å². The first-order chi connectivity index (χ1) is 19.6. The van der Waals surface area contributed by atoms with Crippen LogP contribution in [0.1, 0.15) is 44.9 Å². The van der Waals surface area contributed by atoms with Crippen LogP contribution in [-0.4, -0.2) is 79.5 Å². The Kier molecular flexibility index (Phi) is 7.35. The van der Waals surface area contributed by atoms with Crippen LogP contribution >= 0.6 is 0 Å². The van der Waals surface area contributed by atoms with E-state index in [1.54, 1.807) is 60.7 Å². The van der Waals surface area contributed by atoms with Gasteiger partial charge in [0.25, 0.3) is 17.5 Å². The topological polar surface area (TPSA) is 168 Å². The smallest absolute Gasteiger partial charge is 0.332 e. The number of carbonyl (C=O) groups is 4. The number of non-ortho nitro benzene ring substituents is 1. The normalized spacial score (nSPS) is 19.6. The van der Waals surface area contributed by atoms with Crippen LogP contribution in [0.2, 0.25) is 0 Å². The second-order valence-corrected chi connectivity index (χ2v) is 9.73. The molecule has 2 N–H and O–H groups in total. The zero-order valence-corrected chi connectivity index (χ0v) is 21.7. The fraction of sp³-hybridized carbons (Fsp3) is 0.241. The summed E-state index contributed by atoms with van der Waals surface area (Å²) in [5.41, 5.74) is 0.511. The maximum Gasteiger partial charge on any atom is 0.332 e. The highest BCUT2D eigenvalue weighted by atomic mass is 16.6. The molecule has 12 nitrogen and oxygen atoms in total. The number of amides is 3. The second kappa shape index (κ2) is 10.9. The van der Waals surface area contributed by atoms with E-state index in [1.165, 1.54) is 6.92 Å². The average Bonchev–Trinajstić information content (AvgIpc) is 3.21. The molecule has 4 atom stereocenters. The van der Waals surface area contributed by atoms with Gasteiger partial charge in [-0.15, -0.1) is 0 Å². The molecular weight excluding hydrogens is 534 g/mol. The third-order valence-electron chi connectivity index (χ3n) is 7.24. The number of aliphatic hydroxyl groups excluding tert-OH is 2. The number of carbonyl (C=O) groups excluding carboxylic acids is 4. The summed E-state index contributed by atoms with van der Waals surface area (Å²) in [5.74, 6) is -3.62. The van der Waals surface area contributed by atoms with Crippen molar-refractivity contribution < 1.29 is 39.1 Å². The van der Waals surface area contributed by atoms with Crippen molar-refractivity contribution in [2.24, 2.45) is 0 Å². The van der Waals surface area contributed by atoms with Gasteiger partial charge in [0.15, 0.2) is 12.1 Å². The van der Waals surface area contributed by atoms with Crippen LogP contribution in [0.4, 0.5) is 5.69 Å². The molecule has 2 heterocycles. The maximum absolute atomic E-state index is 13.6. The molecule has 1 fully saturated rings. The third kappa shape index (κ3) is 4.72. The van der Waals surface area contributed by atoms with Crippen LogP contribution in [-0.2, 0) is 14.3 Å². The zero-order chi connectivity index (χ0) is 29.4. The van der Waals surface area contributed by atoms with E-state index in [2.05, 4.69) is 0 Å². The number of nitrogens with zero attached hydrogens (tertiary/aromatic N) is 3. The first kappa shape index (κ1) is 27.6. The fourth-order valence-corrected chi connectivity index (χ4v) is 5.29. The minimum Gasteiger partial charge on any atom is -0.451 e. The van der Waals surface area contributed by atoms with Crippen molar-refractivity contribution in [1.82, 2.24) is 9.80 Å². The molecule has 0 radical (unpaired) electrons. The van der Waals surface area contributed by atoms with E-state index in [9.17, 15) is 39.5 Å². The highest BCUT2D eigenvalue weighted by Gasteiger charge is 2.60. The Morgan fingerprint density at radius 3 is 2.02 bits per heavy atom. The molecule has 3 amide bonds. The minimum atomic E-state index is -1.57. The predicted octanol–water partition coefficient (Wildman–Crippen LogP) is 1.84. The highest BCUT2D eigenvalue weighted by molar-refractivity contribution is 6.23. The van der Waals surface area contributed by atoms with Crippen LogP contribution in [0, 0.1) is 10.1 Å². The molecule has 2 aliphatic rings. The lowest BCUT2D eigenvalue weighted by Gasteiger charge is -2.51. The van der Waals surface area contributed by atoms with Crippen molar-refractivity contribution >= 4 is 29.4 Å². The van der Waals surface area contributed by atoms with Crippen molar-refractivity contribution in [2.75, 3.05) is 6.61 Å². The molecule has 4 unspecified atom stereocenters. The predicted molar refractivity (Wildman–Crippen MR) is 141 cm³/mol. The summed E-state index contributed by atoms with van der Waals surface area (Å²) in [7, 11) is 0.